The predicted octanol–water partition coefficient (Wildman–Crippen LogP) is 4.11. The molecule has 0 saturated carbocycles. The van der Waals surface area contributed by atoms with Crippen LogP contribution in [0, 0.1) is 6.92 Å². The van der Waals surface area contributed by atoms with Crippen molar-refractivity contribution in [3.8, 4) is 5.75 Å². The summed E-state index contributed by atoms with van der Waals surface area (Å²) in [5, 5.41) is 0. The SMILES string of the molecule is Cc1c(C2CCc3ccc(NS(=O)(=O)c4ccccc4)cc3O2)cccc1S(=O)(=O)O. The molecule has 2 N–H and O–H groups in total. The van der Waals surface area contributed by atoms with Gasteiger partial charge in [-0.1, -0.05) is 36.4 Å². The molecule has 0 bridgehead atoms. The maximum Gasteiger partial charge on any atom is 0.294 e. The van der Waals surface area contributed by atoms with E-state index in [4.69, 9.17) is 4.74 Å². The maximum atomic E-state index is 12.6. The Morgan fingerprint density at radius 2 is 1.71 bits per heavy atom. The quantitative estimate of drug-likeness (QED) is 0.556. The van der Waals surface area contributed by atoms with Gasteiger partial charge in [0.1, 0.15) is 11.9 Å². The van der Waals surface area contributed by atoms with Gasteiger partial charge in [0, 0.05) is 6.07 Å². The Morgan fingerprint density at radius 3 is 2.42 bits per heavy atom. The van der Waals surface area contributed by atoms with E-state index >= 15 is 0 Å². The minimum Gasteiger partial charge on any atom is -0.485 e. The molecule has 162 valence electrons. The summed E-state index contributed by atoms with van der Waals surface area (Å²) in [4.78, 5) is 0.00735. The minimum absolute atomic E-state index is 0.149. The third-order valence-electron chi connectivity index (χ3n) is 5.27. The monoisotopic (exact) mass is 459 g/mol. The molecule has 1 heterocycles. The Kier molecular flexibility index (Phi) is 5.50. The number of nitrogens with one attached hydrogen (secondary N) is 1. The van der Waals surface area contributed by atoms with Crippen molar-refractivity contribution in [1.82, 2.24) is 0 Å². The molecule has 7 nitrogen and oxygen atoms in total. The average Bonchev–Trinajstić information content (AvgIpc) is 2.73. The summed E-state index contributed by atoms with van der Waals surface area (Å²) < 4.78 is 66.6. The van der Waals surface area contributed by atoms with E-state index in [1.165, 1.54) is 18.2 Å². The molecule has 1 atom stereocenters. The molecular weight excluding hydrogens is 438 g/mol. The standard InChI is InChI=1S/C22H21NO6S2/c1-15-19(8-5-9-22(15)31(26,27)28)20-13-11-16-10-12-17(14-21(16)29-20)23-30(24,25)18-6-3-2-4-7-18/h2-10,12,14,20,23H,11,13H2,1H3,(H,26,27,28). The molecule has 0 aromatic heterocycles. The van der Waals surface area contributed by atoms with E-state index in [-0.39, 0.29) is 9.79 Å². The van der Waals surface area contributed by atoms with Gasteiger partial charge < -0.3 is 4.74 Å². The third kappa shape index (κ3) is 4.43. The third-order valence-corrected chi connectivity index (χ3v) is 7.66. The van der Waals surface area contributed by atoms with Crippen LogP contribution < -0.4 is 9.46 Å². The lowest BCUT2D eigenvalue weighted by Crippen LogP contribution is -2.18. The van der Waals surface area contributed by atoms with E-state index in [9.17, 15) is 21.4 Å². The van der Waals surface area contributed by atoms with Crippen molar-refractivity contribution in [2.24, 2.45) is 0 Å². The molecule has 0 spiro atoms. The Bertz CT molecular complexity index is 1340. The number of hydrogen-bond acceptors (Lipinski definition) is 5. The van der Waals surface area contributed by atoms with E-state index in [2.05, 4.69) is 4.72 Å². The zero-order valence-electron chi connectivity index (χ0n) is 16.6. The number of aryl methyl sites for hydroxylation is 1. The van der Waals surface area contributed by atoms with Gasteiger partial charge >= 0.3 is 0 Å². The second-order valence-corrected chi connectivity index (χ2v) is 10.4. The molecular formula is C22H21NO6S2. The van der Waals surface area contributed by atoms with Crippen molar-refractivity contribution < 1.29 is 26.1 Å². The molecule has 3 aromatic carbocycles. The van der Waals surface area contributed by atoms with Gasteiger partial charge in [0.15, 0.2) is 0 Å². The lowest BCUT2D eigenvalue weighted by molar-refractivity contribution is 0.176. The van der Waals surface area contributed by atoms with Gasteiger partial charge in [0.2, 0.25) is 0 Å². The fourth-order valence-corrected chi connectivity index (χ4v) is 5.55. The van der Waals surface area contributed by atoms with Crippen LogP contribution in [0.3, 0.4) is 0 Å². The van der Waals surface area contributed by atoms with Crippen molar-refractivity contribution in [3.05, 3.63) is 83.4 Å². The zero-order chi connectivity index (χ0) is 22.2. The number of anilines is 1. The van der Waals surface area contributed by atoms with Crippen LogP contribution in [-0.2, 0) is 26.6 Å². The highest BCUT2D eigenvalue weighted by Gasteiger charge is 2.26. The first-order chi connectivity index (χ1) is 14.6. The molecule has 1 aliphatic rings. The van der Waals surface area contributed by atoms with Crippen molar-refractivity contribution in [2.45, 2.75) is 35.7 Å². The highest BCUT2D eigenvalue weighted by molar-refractivity contribution is 7.92. The van der Waals surface area contributed by atoms with Crippen molar-refractivity contribution in [2.75, 3.05) is 4.72 Å². The van der Waals surface area contributed by atoms with Gasteiger partial charge in [-0.15, -0.1) is 0 Å². The topological polar surface area (TPSA) is 110 Å². The van der Waals surface area contributed by atoms with E-state index in [0.717, 1.165) is 5.56 Å². The summed E-state index contributed by atoms with van der Waals surface area (Å²) in [6, 6.07) is 17.9. The fourth-order valence-electron chi connectivity index (χ4n) is 3.73. The van der Waals surface area contributed by atoms with Crippen LogP contribution in [-0.4, -0.2) is 21.4 Å². The maximum absolute atomic E-state index is 12.6. The van der Waals surface area contributed by atoms with Gasteiger partial charge in [-0.2, -0.15) is 8.42 Å². The Labute approximate surface area is 181 Å². The van der Waals surface area contributed by atoms with Crippen LogP contribution in [0.5, 0.6) is 5.75 Å². The van der Waals surface area contributed by atoms with Crippen molar-refractivity contribution in [1.29, 1.82) is 0 Å². The van der Waals surface area contributed by atoms with Crippen LogP contribution in [0.25, 0.3) is 0 Å². The fraction of sp³-hybridized carbons (Fsp3) is 0.182. The number of rotatable bonds is 5. The normalized spacial score (nSPS) is 16.3. The molecule has 0 aliphatic carbocycles. The summed E-state index contributed by atoms with van der Waals surface area (Å²) in [7, 11) is -8.08. The van der Waals surface area contributed by atoms with Crippen LogP contribution in [0.1, 0.15) is 29.2 Å². The summed E-state index contributed by atoms with van der Waals surface area (Å²) in [6.07, 6.45) is 0.884. The second-order valence-electron chi connectivity index (χ2n) is 7.33. The number of ether oxygens (including phenoxy) is 1. The van der Waals surface area contributed by atoms with Gasteiger partial charge in [-0.25, -0.2) is 8.42 Å². The van der Waals surface area contributed by atoms with Crippen molar-refractivity contribution in [3.63, 3.8) is 0 Å². The molecule has 0 saturated heterocycles. The molecule has 0 radical (unpaired) electrons. The summed E-state index contributed by atoms with van der Waals surface area (Å²) >= 11 is 0. The number of sulfonamides is 1. The first-order valence-corrected chi connectivity index (χ1v) is 12.5. The first-order valence-electron chi connectivity index (χ1n) is 9.59. The molecule has 0 amide bonds. The van der Waals surface area contributed by atoms with E-state index < -0.39 is 26.2 Å². The highest BCUT2D eigenvalue weighted by Crippen LogP contribution is 2.38. The Hall–Kier alpha value is -2.88. The Balaban J connectivity index is 1.62. The lowest BCUT2D eigenvalue weighted by Gasteiger charge is -2.28. The van der Waals surface area contributed by atoms with E-state index in [0.29, 0.717) is 35.4 Å². The minimum atomic E-state index is -4.34. The molecule has 1 aliphatic heterocycles. The van der Waals surface area contributed by atoms with Gasteiger partial charge in [-0.05, 0) is 60.7 Å². The summed E-state index contributed by atoms with van der Waals surface area (Å²) in [5.41, 5.74) is 2.39. The van der Waals surface area contributed by atoms with Gasteiger partial charge in [-0.3, -0.25) is 9.27 Å². The number of fused-ring (bicyclic) bond motifs is 1. The zero-order valence-corrected chi connectivity index (χ0v) is 18.3. The van der Waals surface area contributed by atoms with Gasteiger partial charge in [0.05, 0.1) is 15.5 Å². The smallest absolute Gasteiger partial charge is 0.294 e. The van der Waals surface area contributed by atoms with Gasteiger partial charge in [0.25, 0.3) is 20.1 Å². The number of benzene rings is 3. The average molecular weight is 460 g/mol. The first kappa shape index (κ1) is 21.4. The molecule has 0 fully saturated rings. The highest BCUT2D eigenvalue weighted by atomic mass is 32.2. The largest absolute Gasteiger partial charge is 0.485 e. The second kappa shape index (κ2) is 7.99. The molecule has 9 heteroatoms. The summed E-state index contributed by atoms with van der Waals surface area (Å²) in [6.45, 7) is 1.63. The van der Waals surface area contributed by atoms with E-state index in [1.54, 1.807) is 49.4 Å². The van der Waals surface area contributed by atoms with E-state index in [1.807, 2.05) is 6.07 Å². The lowest BCUT2D eigenvalue weighted by atomic mass is 9.94. The summed E-state index contributed by atoms with van der Waals surface area (Å²) in [5.74, 6) is 0.529. The number of hydrogen-bond donors (Lipinski definition) is 2. The molecule has 31 heavy (non-hydrogen) atoms. The van der Waals surface area contributed by atoms with Crippen LogP contribution >= 0.6 is 0 Å². The molecule has 4 rings (SSSR count). The van der Waals surface area contributed by atoms with Crippen LogP contribution in [0.2, 0.25) is 0 Å². The van der Waals surface area contributed by atoms with Crippen LogP contribution in [0.15, 0.2) is 76.5 Å². The predicted molar refractivity (Wildman–Crippen MR) is 116 cm³/mol. The van der Waals surface area contributed by atoms with Crippen molar-refractivity contribution >= 4 is 25.8 Å². The molecule has 1 unspecified atom stereocenters. The Morgan fingerprint density at radius 1 is 0.968 bits per heavy atom. The molecule has 3 aromatic rings. The van der Waals surface area contributed by atoms with Crippen LogP contribution in [0.4, 0.5) is 5.69 Å².